The molecule has 0 aromatic carbocycles. The highest BCUT2D eigenvalue weighted by atomic mass is 16.7. The zero-order valence-corrected chi connectivity index (χ0v) is 38.4. The quantitative estimate of drug-likeness (QED) is 0.0277. The van der Waals surface area contributed by atoms with Crippen molar-refractivity contribution in [2.45, 2.75) is 261 Å². The van der Waals surface area contributed by atoms with Crippen LogP contribution in [0.3, 0.4) is 0 Å². The van der Waals surface area contributed by atoms with E-state index < -0.39 is 99.3 Å². The highest BCUT2D eigenvalue weighted by Crippen LogP contribution is 2.30. The summed E-state index contributed by atoms with van der Waals surface area (Å²) in [5.41, 5.74) is 0. The number of unbranched alkanes of at least 4 members (excludes halogenated alkanes) is 24. The molecule has 0 aromatic rings. The molecule has 2 saturated heterocycles. The number of carbonyl (C=O) groups excluding carboxylic acids is 2. The van der Waals surface area contributed by atoms with Crippen LogP contribution < -0.4 is 0 Å². The zero-order valence-electron chi connectivity index (χ0n) is 38.4. The Hall–Kier alpha value is -1.50. The number of esters is 2. The molecule has 62 heavy (non-hydrogen) atoms. The first-order valence-corrected chi connectivity index (χ1v) is 24.6. The molecule has 2 aliphatic rings. The normalized spacial score (nSPS) is 27.0. The number of ether oxygens (including phenoxy) is 6. The standard InChI is InChI=1S/C47H88O15/c1-3-5-7-9-11-13-15-17-18-20-22-23-25-27-29-38(50)57-32-35(49)33-59-46-44(56)45(62-47-43(55)42(54)40(52)36(31-48)60-47)41(53)37(61-46)34-58-39(51)30-28-26-24-21-19-16-14-12-10-8-6-4-2/h35-37,40-49,52-56H,3-34H2,1-2H3/t35?,36-,37-,40-,41-,42+,43-,44+,45+,46+,47-/m1/s1. The molecule has 15 heteroatoms. The van der Waals surface area contributed by atoms with Crippen molar-refractivity contribution in [2.75, 3.05) is 26.4 Å². The van der Waals surface area contributed by atoms with Gasteiger partial charge in [0, 0.05) is 12.8 Å². The summed E-state index contributed by atoms with van der Waals surface area (Å²) in [5.74, 6) is -0.951. The van der Waals surface area contributed by atoms with Crippen LogP contribution in [0.15, 0.2) is 0 Å². The summed E-state index contributed by atoms with van der Waals surface area (Å²) in [4.78, 5) is 25.0. The third-order valence-electron chi connectivity index (χ3n) is 12.0. The van der Waals surface area contributed by atoms with Crippen LogP contribution in [0.25, 0.3) is 0 Å². The van der Waals surface area contributed by atoms with E-state index in [9.17, 15) is 45.3 Å². The van der Waals surface area contributed by atoms with Crippen molar-refractivity contribution in [3.8, 4) is 0 Å². The minimum Gasteiger partial charge on any atom is -0.463 e. The summed E-state index contributed by atoms with van der Waals surface area (Å²) in [7, 11) is 0. The van der Waals surface area contributed by atoms with E-state index in [0.717, 1.165) is 38.5 Å². The molecule has 366 valence electrons. The third kappa shape index (κ3) is 24.1. The number of aliphatic hydroxyl groups excluding tert-OH is 7. The zero-order chi connectivity index (χ0) is 45.4. The molecule has 2 rings (SSSR count). The first kappa shape index (κ1) is 56.6. The Morgan fingerprint density at radius 1 is 0.484 bits per heavy atom. The van der Waals surface area contributed by atoms with Crippen molar-refractivity contribution >= 4 is 11.9 Å². The Balaban J connectivity index is 1.78. The SMILES string of the molecule is CCCCCCCCCCCCCCCCC(=O)OCC(O)CO[C@H]1O[C@H](COC(=O)CCCCCCCCCCCCCC)[C@@H](O)[C@H](O[C@H]2O[C@H](CO)[C@@H](O)[C@H](O)[C@H]2O)[C@@H]1O. The summed E-state index contributed by atoms with van der Waals surface area (Å²) in [6.07, 6.45) is 13.5. The van der Waals surface area contributed by atoms with Gasteiger partial charge < -0.3 is 64.2 Å². The van der Waals surface area contributed by atoms with Gasteiger partial charge in [0.2, 0.25) is 0 Å². The van der Waals surface area contributed by atoms with E-state index in [1.54, 1.807) is 0 Å². The third-order valence-corrected chi connectivity index (χ3v) is 12.0. The Morgan fingerprint density at radius 2 is 0.903 bits per heavy atom. The molecule has 0 bridgehead atoms. The van der Waals surface area contributed by atoms with E-state index in [-0.39, 0.29) is 19.4 Å². The second kappa shape index (κ2) is 35.7. The molecule has 0 aliphatic carbocycles. The van der Waals surface area contributed by atoms with Crippen molar-refractivity contribution < 1.29 is 73.8 Å². The molecule has 15 nitrogen and oxygen atoms in total. The van der Waals surface area contributed by atoms with Crippen LogP contribution in [0.1, 0.15) is 194 Å². The summed E-state index contributed by atoms with van der Waals surface area (Å²) < 4.78 is 33.3. The second-order valence-corrected chi connectivity index (χ2v) is 17.7. The van der Waals surface area contributed by atoms with Crippen molar-refractivity contribution in [1.29, 1.82) is 0 Å². The summed E-state index contributed by atoms with van der Waals surface area (Å²) >= 11 is 0. The molecule has 0 saturated carbocycles. The van der Waals surface area contributed by atoms with Crippen LogP contribution in [-0.4, -0.2) is 142 Å². The lowest BCUT2D eigenvalue weighted by molar-refractivity contribution is -0.361. The van der Waals surface area contributed by atoms with E-state index in [1.165, 1.54) is 116 Å². The van der Waals surface area contributed by atoms with E-state index in [2.05, 4.69) is 13.8 Å². The van der Waals surface area contributed by atoms with Gasteiger partial charge in [0.1, 0.15) is 68.1 Å². The molecule has 2 heterocycles. The summed E-state index contributed by atoms with van der Waals surface area (Å²) in [6.45, 7) is 2.46. The predicted octanol–water partition coefficient (Wildman–Crippen LogP) is 6.04. The Morgan fingerprint density at radius 3 is 1.35 bits per heavy atom. The molecule has 2 fully saturated rings. The van der Waals surface area contributed by atoms with Gasteiger partial charge >= 0.3 is 11.9 Å². The summed E-state index contributed by atoms with van der Waals surface area (Å²) in [5, 5.41) is 73.7. The van der Waals surface area contributed by atoms with Crippen LogP contribution >= 0.6 is 0 Å². The molecule has 1 unspecified atom stereocenters. The van der Waals surface area contributed by atoms with Crippen LogP contribution in [0.4, 0.5) is 0 Å². The largest absolute Gasteiger partial charge is 0.463 e. The Bertz CT molecular complexity index is 1100. The van der Waals surface area contributed by atoms with Gasteiger partial charge in [-0.2, -0.15) is 0 Å². The number of carbonyl (C=O) groups is 2. The lowest BCUT2D eigenvalue weighted by Gasteiger charge is -2.46. The van der Waals surface area contributed by atoms with Gasteiger partial charge in [-0.3, -0.25) is 9.59 Å². The smallest absolute Gasteiger partial charge is 0.305 e. The molecule has 7 N–H and O–H groups in total. The summed E-state index contributed by atoms with van der Waals surface area (Å²) in [6, 6.07) is 0. The van der Waals surface area contributed by atoms with E-state index >= 15 is 0 Å². The van der Waals surface area contributed by atoms with Crippen molar-refractivity contribution in [2.24, 2.45) is 0 Å². The number of hydrogen-bond acceptors (Lipinski definition) is 15. The fourth-order valence-corrected chi connectivity index (χ4v) is 8.01. The van der Waals surface area contributed by atoms with Gasteiger partial charge in [-0.25, -0.2) is 0 Å². The van der Waals surface area contributed by atoms with Crippen molar-refractivity contribution in [3.63, 3.8) is 0 Å². The molecule has 0 spiro atoms. The molecule has 0 amide bonds. The molecular weight excluding hydrogens is 805 g/mol. The number of aliphatic hydroxyl groups is 7. The van der Waals surface area contributed by atoms with Crippen LogP contribution in [0.5, 0.6) is 0 Å². The minimum atomic E-state index is -1.83. The maximum atomic E-state index is 12.7. The van der Waals surface area contributed by atoms with E-state index in [0.29, 0.717) is 12.8 Å². The van der Waals surface area contributed by atoms with Crippen molar-refractivity contribution in [1.82, 2.24) is 0 Å². The van der Waals surface area contributed by atoms with E-state index in [4.69, 9.17) is 28.4 Å². The van der Waals surface area contributed by atoms with Gasteiger partial charge in [-0.1, -0.05) is 168 Å². The maximum absolute atomic E-state index is 12.7. The molecule has 2 aliphatic heterocycles. The van der Waals surface area contributed by atoms with Gasteiger partial charge in [0.05, 0.1) is 13.2 Å². The Kier molecular flexibility index (Phi) is 32.6. The molecular formula is C47H88O15. The fraction of sp³-hybridized carbons (Fsp3) is 0.957. The fourth-order valence-electron chi connectivity index (χ4n) is 8.01. The van der Waals surface area contributed by atoms with Crippen LogP contribution in [-0.2, 0) is 38.0 Å². The van der Waals surface area contributed by atoms with Crippen LogP contribution in [0.2, 0.25) is 0 Å². The first-order valence-electron chi connectivity index (χ1n) is 24.6. The predicted molar refractivity (Wildman–Crippen MR) is 234 cm³/mol. The highest BCUT2D eigenvalue weighted by Gasteiger charge is 2.51. The first-order chi connectivity index (χ1) is 30.0. The van der Waals surface area contributed by atoms with Gasteiger partial charge in [0.15, 0.2) is 12.6 Å². The Labute approximate surface area is 372 Å². The lowest BCUT2D eigenvalue weighted by atomic mass is 9.97. The van der Waals surface area contributed by atoms with Gasteiger partial charge in [-0.15, -0.1) is 0 Å². The minimum absolute atomic E-state index is 0.165. The number of rotatable bonds is 38. The second-order valence-electron chi connectivity index (χ2n) is 17.7. The average Bonchev–Trinajstić information content (AvgIpc) is 3.26. The molecule has 0 aromatic heterocycles. The monoisotopic (exact) mass is 893 g/mol. The molecule has 11 atom stereocenters. The van der Waals surface area contributed by atoms with E-state index in [1.807, 2.05) is 0 Å². The average molecular weight is 893 g/mol. The van der Waals surface area contributed by atoms with Gasteiger partial charge in [-0.05, 0) is 12.8 Å². The highest BCUT2D eigenvalue weighted by molar-refractivity contribution is 5.69. The lowest BCUT2D eigenvalue weighted by Crippen LogP contribution is -2.65. The topological polar surface area (TPSA) is 231 Å². The molecule has 0 radical (unpaired) electrons. The van der Waals surface area contributed by atoms with Crippen LogP contribution in [0, 0.1) is 0 Å². The van der Waals surface area contributed by atoms with Crippen molar-refractivity contribution in [3.05, 3.63) is 0 Å². The maximum Gasteiger partial charge on any atom is 0.305 e. The van der Waals surface area contributed by atoms with Gasteiger partial charge in [0.25, 0.3) is 0 Å². The number of hydrogen-bond donors (Lipinski definition) is 7.